The SMILES string of the molecule is CCC(CBr)NC(=O)c1ccc(C)nc1. The average molecular weight is 271 g/mol. The van der Waals surface area contributed by atoms with Gasteiger partial charge in [0.2, 0.25) is 0 Å². The molecule has 82 valence electrons. The second-order valence-electron chi connectivity index (χ2n) is 3.42. The number of carbonyl (C=O) groups excluding carboxylic acids is 1. The number of rotatable bonds is 4. The van der Waals surface area contributed by atoms with Crippen LogP contribution in [0.2, 0.25) is 0 Å². The monoisotopic (exact) mass is 270 g/mol. The number of aromatic nitrogens is 1. The van der Waals surface area contributed by atoms with E-state index in [0.29, 0.717) is 5.56 Å². The summed E-state index contributed by atoms with van der Waals surface area (Å²) in [5.41, 5.74) is 1.53. The van der Waals surface area contributed by atoms with E-state index in [-0.39, 0.29) is 11.9 Å². The first-order valence-electron chi connectivity index (χ1n) is 4.96. The summed E-state index contributed by atoms with van der Waals surface area (Å²) in [6.45, 7) is 3.94. The minimum atomic E-state index is -0.0613. The number of aryl methyl sites for hydroxylation is 1. The molecule has 1 amide bonds. The van der Waals surface area contributed by atoms with Crippen LogP contribution in [0.3, 0.4) is 0 Å². The highest BCUT2D eigenvalue weighted by Gasteiger charge is 2.10. The van der Waals surface area contributed by atoms with Gasteiger partial charge in [-0.15, -0.1) is 0 Å². The number of nitrogens with zero attached hydrogens (tertiary/aromatic N) is 1. The molecule has 0 saturated heterocycles. The fourth-order valence-electron chi connectivity index (χ4n) is 1.12. The largest absolute Gasteiger partial charge is 0.348 e. The molecule has 1 N–H and O–H groups in total. The van der Waals surface area contributed by atoms with E-state index in [1.807, 2.05) is 19.9 Å². The number of nitrogens with one attached hydrogen (secondary N) is 1. The lowest BCUT2D eigenvalue weighted by atomic mass is 10.2. The molecular weight excluding hydrogens is 256 g/mol. The van der Waals surface area contributed by atoms with E-state index < -0.39 is 0 Å². The molecule has 1 aromatic rings. The lowest BCUT2D eigenvalue weighted by molar-refractivity contribution is 0.0940. The second-order valence-corrected chi connectivity index (χ2v) is 4.07. The molecule has 0 fully saturated rings. The van der Waals surface area contributed by atoms with Crippen LogP contribution in [-0.4, -0.2) is 22.3 Å². The van der Waals surface area contributed by atoms with Crippen molar-refractivity contribution in [3.63, 3.8) is 0 Å². The zero-order chi connectivity index (χ0) is 11.3. The molecule has 0 spiro atoms. The number of hydrogen-bond acceptors (Lipinski definition) is 2. The van der Waals surface area contributed by atoms with Gasteiger partial charge in [-0.3, -0.25) is 9.78 Å². The van der Waals surface area contributed by atoms with Crippen molar-refractivity contribution < 1.29 is 4.79 Å². The highest BCUT2D eigenvalue weighted by molar-refractivity contribution is 9.09. The van der Waals surface area contributed by atoms with E-state index in [1.165, 1.54) is 0 Å². The Morgan fingerprint density at radius 3 is 2.80 bits per heavy atom. The molecule has 0 saturated carbocycles. The Bertz CT molecular complexity index is 320. The molecule has 1 rings (SSSR count). The van der Waals surface area contributed by atoms with Crippen LogP contribution >= 0.6 is 15.9 Å². The molecule has 0 aromatic carbocycles. The Kier molecular flexibility index (Phi) is 4.75. The molecule has 0 bridgehead atoms. The van der Waals surface area contributed by atoms with Gasteiger partial charge in [0.1, 0.15) is 0 Å². The second kappa shape index (κ2) is 5.85. The fraction of sp³-hybridized carbons (Fsp3) is 0.455. The molecule has 1 atom stereocenters. The summed E-state index contributed by atoms with van der Waals surface area (Å²) in [6, 6.07) is 3.81. The van der Waals surface area contributed by atoms with Crippen LogP contribution in [0.15, 0.2) is 18.3 Å². The van der Waals surface area contributed by atoms with Crippen molar-refractivity contribution in [3.8, 4) is 0 Å². The average Bonchev–Trinajstić information content (AvgIpc) is 2.26. The van der Waals surface area contributed by atoms with E-state index >= 15 is 0 Å². The minimum absolute atomic E-state index is 0.0613. The van der Waals surface area contributed by atoms with Gasteiger partial charge in [0.15, 0.2) is 0 Å². The summed E-state index contributed by atoms with van der Waals surface area (Å²) >= 11 is 3.36. The number of hydrogen-bond donors (Lipinski definition) is 1. The first-order valence-corrected chi connectivity index (χ1v) is 6.09. The number of halogens is 1. The Morgan fingerprint density at radius 2 is 2.33 bits per heavy atom. The molecule has 0 aliphatic rings. The van der Waals surface area contributed by atoms with Crippen molar-refractivity contribution in [2.75, 3.05) is 5.33 Å². The number of amides is 1. The third-order valence-electron chi connectivity index (χ3n) is 2.19. The lowest BCUT2D eigenvalue weighted by Gasteiger charge is -2.13. The van der Waals surface area contributed by atoms with E-state index in [4.69, 9.17) is 0 Å². The summed E-state index contributed by atoms with van der Waals surface area (Å²) in [5.74, 6) is -0.0613. The van der Waals surface area contributed by atoms with Gasteiger partial charge in [-0.2, -0.15) is 0 Å². The van der Waals surface area contributed by atoms with E-state index in [1.54, 1.807) is 12.3 Å². The van der Waals surface area contributed by atoms with Crippen LogP contribution < -0.4 is 5.32 Å². The molecule has 15 heavy (non-hydrogen) atoms. The zero-order valence-electron chi connectivity index (χ0n) is 8.96. The maximum absolute atomic E-state index is 11.7. The summed E-state index contributed by atoms with van der Waals surface area (Å²) < 4.78 is 0. The molecule has 1 aromatic heterocycles. The van der Waals surface area contributed by atoms with Gasteiger partial charge in [0.05, 0.1) is 5.56 Å². The van der Waals surface area contributed by atoms with Gasteiger partial charge in [-0.1, -0.05) is 22.9 Å². The van der Waals surface area contributed by atoms with E-state index in [2.05, 4.69) is 26.2 Å². The van der Waals surface area contributed by atoms with Gasteiger partial charge in [0, 0.05) is 23.3 Å². The summed E-state index contributed by atoms with van der Waals surface area (Å²) in [5, 5.41) is 3.70. The summed E-state index contributed by atoms with van der Waals surface area (Å²) in [7, 11) is 0. The maximum Gasteiger partial charge on any atom is 0.253 e. The minimum Gasteiger partial charge on any atom is -0.348 e. The van der Waals surface area contributed by atoms with Crippen molar-refractivity contribution in [2.24, 2.45) is 0 Å². The number of pyridine rings is 1. The first kappa shape index (κ1) is 12.2. The molecule has 0 aliphatic heterocycles. The fourth-order valence-corrected chi connectivity index (χ4v) is 1.74. The molecule has 0 aliphatic carbocycles. The quantitative estimate of drug-likeness (QED) is 0.854. The van der Waals surface area contributed by atoms with Crippen LogP contribution in [0.25, 0.3) is 0 Å². The van der Waals surface area contributed by atoms with Crippen LogP contribution in [0.1, 0.15) is 29.4 Å². The normalized spacial score (nSPS) is 12.2. The zero-order valence-corrected chi connectivity index (χ0v) is 10.5. The highest BCUT2D eigenvalue weighted by atomic mass is 79.9. The van der Waals surface area contributed by atoms with Crippen molar-refractivity contribution in [1.82, 2.24) is 10.3 Å². The first-order chi connectivity index (χ1) is 7.17. The van der Waals surface area contributed by atoms with Crippen molar-refractivity contribution in [1.29, 1.82) is 0 Å². The Hall–Kier alpha value is -0.900. The van der Waals surface area contributed by atoms with Crippen molar-refractivity contribution >= 4 is 21.8 Å². The van der Waals surface area contributed by atoms with Gasteiger partial charge in [0.25, 0.3) is 5.91 Å². The van der Waals surface area contributed by atoms with Gasteiger partial charge in [-0.05, 0) is 25.5 Å². The van der Waals surface area contributed by atoms with Crippen LogP contribution in [-0.2, 0) is 0 Å². The van der Waals surface area contributed by atoms with Crippen LogP contribution in [0.4, 0.5) is 0 Å². The Balaban J connectivity index is 2.64. The van der Waals surface area contributed by atoms with Crippen molar-refractivity contribution in [2.45, 2.75) is 26.3 Å². The predicted molar refractivity (Wildman–Crippen MR) is 64.3 cm³/mol. The molecule has 1 unspecified atom stereocenters. The van der Waals surface area contributed by atoms with Crippen LogP contribution in [0, 0.1) is 6.92 Å². The standard InChI is InChI=1S/C11H15BrN2O/c1-3-10(6-12)14-11(15)9-5-4-8(2)13-7-9/h4-5,7,10H,3,6H2,1-2H3,(H,14,15). The molecule has 4 heteroatoms. The maximum atomic E-state index is 11.7. The van der Waals surface area contributed by atoms with Gasteiger partial charge in [-0.25, -0.2) is 0 Å². The lowest BCUT2D eigenvalue weighted by Crippen LogP contribution is -2.35. The van der Waals surface area contributed by atoms with Crippen LogP contribution in [0.5, 0.6) is 0 Å². The van der Waals surface area contributed by atoms with Gasteiger partial charge >= 0.3 is 0 Å². The molecule has 0 radical (unpaired) electrons. The third kappa shape index (κ3) is 3.63. The van der Waals surface area contributed by atoms with E-state index in [0.717, 1.165) is 17.4 Å². The smallest absolute Gasteiger partial charge is 0.253 e. The Morgan fingerprint density at radius 1 is 1.60 bits per heavy atom. The molecule has 1 heterocycles. The summed E-state index contributed by atoms with van der Waals surface area (Å²) in [6.07, 6.45) is 2.52. The van der Waals surface area contributed by atoms with Gasteiger partial charge < -0.3 is 5.32 Å². The number of alkyl halides is 1. The topological polar surface area (TPSA) is 42.0 Å². The number of carbonyl (C=O) groups is 1. The predicted octanol–water partition coefficient (Wildman–Crippen LogP) is 2.29. The van der Waals surface area contributed by atoms with Crippen molar-refractivity contribution in [3.05, 3.63) is 29.6 Å². The molecular formula is C11H15BrN2O. The summed E-state index contributed by atoms with van der Waals surface area (Å²) in [4.78, 5) is 15.8. The highest BCUT2D eigenvalue weighted by Crippen LogP contribution is 2.02. The molecule has 3 nitrogen and oxygen atoms in total. The third-order valence-corrected chi connectivity index (χ3v) is 2.97. The van der Waals surface area contributed by atoms with E-state index in [9.17, 15) is 4.79 Å². The Labute approximate surface area is 98.4 Å².